The summed E-state index contributed by atoms with van der Waals surface area (Å²) in [4.78, 5) is 18.0. The second kappa shape index (κ2) is 9.54. The molecule has 0 radical (unpaired) electrons. The third-order valence-electron chi connectivity index (χ3n) is 4.86. The molecule has 3 aromatic carbocycles. The molecular formula is C24H17BrN4O4. The predicted octanol–water partition coefficient (Wildman–Crippen LogP) is 5.89. The summed E-state index contributed by atoms with van der Waals surface area (Å²) < 4.78 is 12.0. The molecule has 4 aromatic rings. The van der Waals surface area contributed by atoms with Gasteiger partial charge in [-0.05, 0) is 69.5 Å². The van der Waals surface area contributed by atoms with Gasteiger partial charge < -0.3 is 14.5 Å². The summed E-state index contributed by atoms with van der Waals surface area (Å²) in [5, 5.41) is 20.5. The monoisotopic (exact) mass is 504 g/mol. The number of fused-ring (bicyclic) bond motifs is 1. The van der Waals surface area contributed by atoms with Crippen LogP contribution >= 0.6 is 15.9 Å². The third-order valence-corrected chi connectivity index (χ3v) is 5.45. The zero-order valence-corrected chi connectivity index (χ0v) is 19.0. The van der Waals surface area contributed by atoms with Crippen LogP contribution in [0, 0.1) is 21.4 Å². The third kappa shape index (κ3) is 4.86. The maximum absolute atomic E-state index is 10.8. The second-order valence-corrected chi connectivity index (χ2v) is 7.87. The maximum atomic E-state index is 10.8. The molecule has 9 heteroatoms. The Bertz CT molecular complexity index is 1370. The number of nitro benzene ring substituents is 1. The summed E-state index contributed by atoms with van der Waals surface area (Å²) in [6.45, 7) is 0.199. The second-order valence-electron chi connectivity index (χ2n) is 7.02. The zero-order valence-electron chi connectivity index (χ0n) is 17.4. The number of nitro groups is 1. The summed E-state index contributed by atoms with van der Waals surface area (Å²) in [6, 6.07) is 19.5. The van der Waals surface area contributed by atoms with E-state index in [1.807, 2.05) is 30.3 Å². The maximum Gasteiger partial charge on any atom is 0.269 e. The lowest BCUT2D eigenvalue weighted by Crippen LogP contribution is -1.99. The lowest BCUT2D eigenvalue weighted by molar-refractivity contribution is -0.384. The molecule has 1 N–H and O–H groups in total. The number of H-pyrrole nitrogens is 1. The van der Waals surface area contributed by atoms with E-state index in [2.05, 4.69) is 32.0 Å². The standard InChI is InChI=1S/C24H17BrN4O4/c1-32-22-12-16(10-17(13-26)24-27-20-4-2-3-5-21(20)28-24)11-19(25)23(22)33-14-15-6-8-18(9-7-15)29(30)31/h2-12H,14H2,1H3,(H,27,28)/b17-10-. The molecule has 4 rings (SSSR count). The van der Waals surface area contributed by atoms with E-state index in [9.17, 15) is 15.4 Å². The highest BCUT2D eigenvalue weighted by Gasteiger charge is 2.14. The van der Waals surface area contributed by atoms with Crippen LogP contribution in [0.1, 0.15) is 17.0 Å². The molecule has 0 spiro atoms. The Morgan fingerprint density at radius 3 is 2.67 bits per heavy atom. The van der Waals surface area contributed by atoms with Gasteiger partial charge in [0.25, 0.3) is 5.69 Å². The Labute approximate surface area is 197 Å². The largest absolute Gasteiger partial charge is 0.493 e. The van der Waals surface area contributed by atoms with Crippen LogP contribution in [-0.4, -0.2) is 22.0 Å². The molecule has 33 heavy (non-hydrogen) atoms. The van der Waals surface area contributed by atoms with Crippen molar-refractivity contribution >= 4 is 44.3 Å². The molecule has 0 amide bonds. The molecular weight excluding hydrogens is 488 g/mol. The summed E-state index contributed by atoms with van der Waals surface area (Å²) in [5.41, 5.74) is 3.52. The Balaban J connectivity index is 1.59. The molecule has 0 unspecified atom stereocenters. The number of non-ortho nitro benzene ring substituents is 1. The summed E-state index contributed by atoms with van der Waals surface area (Å²) in [7, 11) is 1.53. The first kappa shape index (κ1) is 22.0. The topological polar surface area (TPSA) is 114 Å². The highest BCUT2D eigenvalue weighted by atomic mass is 79.9. The number of nitrogens with one attached hydrogen (secondary N) is 1. The fourth-order valence-corrected chi connectivity index (χ4v) is 3.81. The Kier molecular flexibility index (Phi) is 6.38. The van der Waals surface area contributed by atoms with Crippen molar-refractivity contribution in [2.24, 2.45) is 0 Å². The minimum Gasteiger partial charge on any atom is -0.493 e. The molecule has 0 saturated carbocycles. The smallest absolute Gasteiger partial charge is 0.269 e. The van der Waals surface area contributed by atoms with Crippen molar-refractivity contribution in [1.82, 2.24) is 9.97 Å². The average molecular weight is 505 g/mol. The number of benzene rings is 3. The van der Waals surface area contributed by atoms with Gasteiger partial charge in [0.2, 0.25) is 0 Å². The molecule has 0 aliphatic carbocycles. The highest BCUT2D eigenvalue weighted by molar-refractivity contribution is 9.10. The number of rotatable bonds is 7. The van der Waals surface area contributed by atoms with Crippen LogP contribution in [0.4, 0.5) is 5.69 Å². The van der Waals surface area contributed by atoms with Crippen LogP contribution in [0.25, 0.3) is 22.7 Å². The van der Waals surface area contributed by atoms with Crippen LogP contribution in [0.15, 0.2) is 65.1 Å². The number of nitrogens with zero attached hydrogens (tertiary/aromatic N) is 3. The van der Waals surface area contributed by atoms with Crippen molar-refractivity contribution in [3.8, 4) is 17.6 Å². The first-order chi connectivity index (χ1) is 16.0. The number of allylic oxidation sites excluding steroid dienone is 1. The van der Waals surface area contributed by atoms with Gasteiger partial charge in [-0.15, -0.1) is 0 Å². The number of hydrogen-bond acceptors (Lipinski definition) is 6. The first-order valence-corrected chi connectivity index (χ1v) is 10.6. The minimum absolute atomic E-state index is 0.0198. The summed E-state index contributed by atoms with van der Waals surface area (Å²) in [5.74, 6) is 1.43. The van der Waals surface area contributed by atoms with Gasteiger partial charge in [-0.1, -0.05) is 12.1 Å². The Morgan fingerprint density at radius 2 is 2.00 bits per heavy atom. The number of aromatic nitrogens is 2. The molecule has 0 aliphatic rings. The molecule has 164 valence electrons. The molecule has 0 fully saturated rings. The number of aromatic amines is 1. The predicted molar refractivity (Wildman–Crippen MR) is 128 cm³/mol. The van der Waals surface area contributed by atoms with Crippen LogP contribution in [0.3, 0.4) is 0 Å². The van der Waals surface area contributed by atoms with Crippen molar-refractivity contribution in [1.29, 1.82) is 5.26 Å². The van der Waals surface area contributed by atoms with Crippen LogP contribution in [-0.2, 0) is 6.61 Å². The molecule has 1 aromatic heterocycles. The number of halogens is 1. The van der Waals surface area contributed by atoms with E-state index in [0.29, 0.717) is 27.4 Å². The average Bonchev–Trinajstić information content (AvgIpc) is 3.26. The van der Waals surface area contributed by atoms with E-state index in [0.717, 1.165) is 22.2 Å². The fraction of sp³-hybridized carbons (Fsp3) is 0.0833. The lowest BCUT2D eigenvalue weighted by atomic mass is 10.1. The van der Waals surface area contributed by atoms with E-state index in [1.54, 1.807) is 24.3 Å². The van der Waals surface area contributed by atoms with Crippen LogP contribution < -0.4 is 9.47 Å². The van der Waals surface area contributed by atoms with E-state index < -0.39 is 4.92 Å². The Morgan fingerprint density at radius 1 is 1.24 bits per heavy atom. The molecule has 8 nitrogen and oxygen atoms in total. The van der Waals surface area contributed by atoms with Crippen molar-refractivity contribution in [2.75, 3.05) is 7.11 Å². The van der Waals surface area contributed by atoms with Crippen molar-refractivity contribution < 1.29 is 14.4 Å². The highest BCUT2D eigenvalue weighted by Crippen LogP contribution is 2.38. The van der Waals surface area contributed by atoms with Crippen molar-refractivity contribution in [3.05, 3.63) is 92.2 Å². The lowest BCUT2D eigenvalue weighted by Gasteiger charge is -2.14. The van der Waals surface area contributed by atoms with Gasteiger partial charge in [0.15, 0.2) is 11.5 Å². The van der Waals surface area contributed by atoms with E-state index in [-0.39, 0.29) is 12.3 Å². The Hall–Kier alpha value is -4.16. The SMILES string of the molecule is COc1cc(/C=C(/C#N)c2nc3ccccc3[nH]2)cc(Br)c1OCc1ccc([N+](=O)[O-])cc1. The van der Waals surface area contributed by atoms with E-state index in [4.69, 9.17) is 9.47 Å². The van der Waals surface area contributed by atoms with Gasteiger partial charge in [0.1, 0.15) is 18.5 Å². The summed E-state index contributed by atoms with van der Waals surface area (Å²) >= 11 is 3.51. The van der Waals surface area contributed by atoms with E-state index in [1.165, 1.54) is 19.2 Å². The normalized spacial score (nSPS) is 11.2. The minimum atomic E-state index is -0.447. The molecule has 1 heterocycles. The van der Waals surface area contributed by atoms with Gasteiger partial charge in [0, 0.05) is 12.1 Å². The van der Waals surface area contributed by atoms with Gasteiger partial charge in [0.05, 0.1) is 33.1 Å². The van der Waals surface area contributed by atoms with E-state index >= 15 is 0 Å². The molecule has 0 bridgehead atoms. The van der Waals surface area contributed by atoms with Crippen molar-refractivity contribution in [3.63, 3.8) is 0 Å². The zero-order chi connectivity index (χ0) is 23.4. The number of nitriles is 1. The van der Waals surface area contributed by atoms with Gasteiger partial charge in [-0.2, -0.15) is 5.26 Å². The van der Waals surface area contributed by atoms with Crippen molar-refractivity contribution in [2.45, 2.75) is 6.61 Å². The number of ether oxygens (including phenoxy) is 2. The van der Waals surface area contributed by atoms with Gasteiger partial charge >= 0.3 is 0 Å². The number of hydrogen-bond donors (Lipinski definition) is 1. The molecule has 0 atom stereocenters. The summed E-state index contributed by atoms with van der Waals surface area (Å²) in [6.07, 6.45) is 1.71. The van der Waals surface area contributed by atoms with Gasteiger partial charge in [-0.3, -0.25) is 10.1 Å². The molecule has 0 saturated heterocycles. The number of methoxy groups -OCH3 is 1. The fourth-order valence-electron chi connectivity index (χ4n) is 3.23. The van der Waals surface area contributed by atoms with Gasteiger partial charge in [-0.25, -0.2) is 4.98 Å². The molecule has 0 aliphatic heterocycles. The van der Waals surface area contributed by atoms with Crippen LogP contribution in [0.5, 0.6) is 11.5 Å². The quantitative estimate of drug-likeness (QED) is 0.191. The number of para-hydroxylation sites is 2. The first-order valence-electron chi connectivity index (χ1n) is 9.79. The number of imidazole rings is 1. The van der Waals surface area contributed by atoms with Crippen LogP contribution in [0.2, 0.25) is 0 Å².